The summed E-state index contributed by atoms with van der Waals surface area (Å²) in [6.45, 7) is 6.46. The lowest BCUT2D eigenvalue weighted by Gasteiger charge is -2.18. The van der Waals surface area contributed by atoms with E-state index in [9.17, 15) is 14.4 Å². The number of rotatable bonds is 55. The number of allylic oxidation sites excluding steroid dienone is 20. The van der Waals surface area contributed by atoms with E-state index >= 15 is 0 Å². The van der Waals surface area contributed by atoms with Gasteiger partial charge in [-0.1, -0.05) is 245 Å². The Labute approximate surface area is 462 Å². The van der Waals surface area contributed by atoms with Crippen LogP contribution < -0.4 is 0 Å². The Morgan fingerprint density at radius 2 is 0.520 bits per heavy atom. The SMILES string of the molecule is CC/C=C\C/C=C\C/C=C\C/C=C\C/C=C\C/C=C\CCCCCCCCC(=O)OCC(COC(=O)CCCCCCC/C=C\C/C=C\CCCCCC)OC(=O)CCCCCCC/C=C\C/C=C\CCCCCC. The van der Waals surface area contributed by atoms with Gasteiger partial charge < -0.3 is 14.2 Å². The molecule has 0 saturated carbocycles. The zero-order valence-electron chi connectivity index (χ0n) is 48.8. The summed E-state index contributed by atoms with van der Waals surface area (Å²) in [6.07, 6.45) is 86.1. The molecule has 0 bridgehead atoms. The van der Waals surface area contributed by atoms with Gasteiger partial charge in [0.05, 0.1) is 0 Å². The molecule has 0 aliphatic rings. The summed E-state index contributed by atoms with van der Waals surface area (Å²) in [5.74, 6) is -0.937. The first-order valence-corrected chi connectivity index (χ1v) is 31.0. The monoisotopic (exact) mass is 1040 g/mol. The Balaban J connectivity index is 4.44. The van der Waals surface area contributed by atoms with Gasteiger partial charge in [0.15, 0.2) is 6.10 Å². The Bertz CT molecular complexity index is 1570. The molecule has 0 aromatic rings. The maximum absolute atomic E-state index is 12.9. The van der Waals surface area contributed by atoms with Crippen LogP contribution in [0.2, 0.25) is 0 Å². The van der Waals surface area contributed by atoms with E-state index in [1.807, 2.05) is 0 Å². The molecular formula is C69H114O6. The normalized spacial score (nSPS) is 12.9. The lowest BCUT2D eigenvalue weighted by molar-refractivity contribution is -0.167. The van der Waals surface area contributed by atoms with Crippen LogP contribution in [-0.4, -0.2) is 37.2 Å². The summed E-state index contributed by atoms with van der Waals surface area (Å²) >= 11 is 0. The van der Waals surface area contributed by atoms with Crippen LogP contribution in [0.5, 0.6) is 0 Å². The molecule has 0 radical (unpaired) electrons. The summed E-state index contributed by atoms with van der Waals surface area (Å²) in [7, 11) is 0. The third-order valence-corrected chi connectivity index (χ3v) is 12.9. The molecule has 0 aromatic heterocycles. The number of unbranched alkanes of at least 4 members (excludes halogenated alkanes) is 24. The summed E-state index contributed by atoms with van der Waals surface area (Å²) < 4.78 is 16.9. The van der Waals surface area contributed by atoms with Gasteiger partial charge in [-0.2, -0.15) is 0 Å². The molecule has 0 aliphatic heterocycles. The van der Waals surface area contributed by atoms with Crippen molar-refractivity contribution in [2.24, 2.45) is 0 Å². The van der Waals surface area contributed by atoms with E-state index in [2.05, 4.69) is 142 Å². The van der Waals surface area contributed by atoms with Gasteiger partial charge in [-0.15, -0.1) is 0 Å². The second kappa shape index (κ2) is 62.4. The highest BCUT2D eigenvalue weighted by Crippen LogP contribution is 2.14. The molecule has 426 valence electrons. The molecule has 0 aromatic carbocycles. The van der Waals surface area contributed by atoms with Crippen molar-refractivity contribution in [1.82, 2.24) is 0 Å². The van der Waals surface area contributed by atoms with Crippen LogP contribution in [0.4, 0.5) is 0 Å². The maximum Gasteiger partial charge on any atom is 0.306 e. The molecule has 0 rings (SSSR count). The average Bonchev–Trinajstić information content (AvgIpc) is 3.41. The van der Waals surface area contributed by atoms with Gasteiger partial charge in [0.2, 0.25) is 0 Å². The molecular weight excluding hydrogens is 925 g/mol. The number of carbonyl (C=O) groups is 3. The first-order chi connectivity index (χ1) is 37.0. The number of hydrogen-bond donors (Lipinski definition) is 0. The quantitative estimate of drug-likeness (QED) is 0.0261. The van der Waals surface area contributed by atoms with Crippen molar-refractivity contribution in [3.05, 3.63) is 122 Å². The molecule has 0 aliphatic carbocycles. The second-order valence-electron chi connectivity index (χ2n) is 20.2. The standard InChI is InChI=1S/C69H114O6/c1-4-7-10-13-16-19-22-25-28-31-32-33-34-35-36-37-38-39-42-44-47-50-53-56-59-62-68(71)74-65-66(75-69(72)63-60-57-54-51-48-45-41-30-27-24-21-18-15-12-9-6-3)64-73-67(70)61-58-55-52-49-46-43-40-29-26-23-20-17-14-11-8-5-2/h7,10,16,19-21,23-25,28-30,32-33,35-36,38-41,66H,4-6,8-9,11-15,17-18,22,26-27,31,34,37,42-65H2,1-3H3/b10-7-,19-16-,23-20-,24-21-,28-25-,33-32-,36-35-,39-38-,40-29-,41-30-. The van der Waals surface area contributed by atoms with Crippen LogP contribution in [0.15, 0.2) is 122 Å². The topological polar surface area (TPSA) is 78.9 Å². The highest BCUT2D eigenvalue weighted by atomic mass is 16.6. The summed E-state index contributed by atoms with van der Waals surface area (Å²) in [5.41, 5.74) is 0. The summed E-state index contributed by atoms with van der Waals surface area (Å²) in [5, 5.41) is 0. The Morgan fingerprint density at radius 3 is 0.813 bits per heavy atom. The third-order valence-electron chi connectivity index (χ3n) is 12.9. The number of ether oxygens (including phenoxy) is 3. The molecule has 0 saturated heterocycles. The van der Waals surface area contributed by atoms with E-state index in [4.69, 9.17) is 14.2 Å². The molecule has 6 heteroatoms. The highest BCUT2D eigenvalue weighted by molar-refractivity contribution is 5.71. The molecule has 0 heterocycles. The number of esters is 3. The lowest BCUT2D eigenvalue weighted by atomic mass is 10.1. The van der Waals surface area contributed by atoms with Gasteiger partial charge in [-0.25, -0.2) is 0 Å². The van der Waals surface area contributed by atoms with Crippen molar-refractivity contribution in [3.63, 3.8) is 0 Å². The number of carbonyl (C=O) groups excluding carboxylic acids is 3. The van der Waals surface area contributed by atoms with Crippen LogP contribution >= 0.6 is 0 Å². The summed E-state index contributed by atoms with van der Waals surface area (Å²) in [4.78, 5) is 38.3. The van der Waals surface area contributed by atoms with E-state index in [1.165, 1.54) is 77.0 Å². The predicted octanol–water partition coefficient (Wildman–Crippen LogP) is 21.2. The fourth-order valence-electron chi connectivity index (χ4n) is 8.27. The van der Waals surface area contributed by atoms with Crippen molar-refractivity contribution in [3.8, 4) is 0 Å². The third kappa shape index (κ3) is 60.6. The predicted molar refractivity (Wildman–Crippen MR) is 325 cm³/mol. The molecule has 6 nitrogen and oxygen atoms in total. The number of hydrogen-bond acceptors (Lipinski definition) is 6. The van der Waals surface area contributed by atoms with Crippen molar-refractivity contribution >= 4 is 17.9 Å². The van der Waals surface area contributed by atoms with Gasteiger partial charge >= 0.3 is 17.9 Å². The first kappa shape index (κ1) is 70.8. The maximum atomic E-state index is 12.9. The van der Waals surface area contributed by atoms with Gasteiger partial charge in [0.1, 0.15) is 13.2 Å². The first-order valence-electron chi connectivity index (χ1n) is 31.0. The molecule has 0 amide bonds. The van der Waals surface area contributed by atoms with Gasteiger partial charge in [-0.3, -0.25) is 14.4 Å². The minimum atomic E-state index is -0.802. The van der Waals surface area contributed by atoms with E-state index in [1.54, 1.807) is 0 Å². The van der Waals surface area contributed by atoms with Crippen LogP contribution in [0, 0.1) is 0 Å². The van der Waals surface area contributed by atoms with Crippen LogP contribution in [0.25, 0.3) is 0 Å². The van der Waals surface area contributed by atoms with Crippen molar-refractivity contribution in [2.75, 3.05) is 13.2 Å². The van der Waals surface area contributed by atoms with E-state index in [0.29, 0.717) is 19.3 Å². The largest absolute Gasteiger partial charge is 0.462 e. The smallest absolute Gasteiger partial charge is 0.306 e. The zero-order chi connectivity index (χ0) is 54.3. The zero-order valence-corrected chi connectivity index (χ0v) is 48.8. The lowest BCUT2D eigenvalue weighted by Crippen LogP contribution is -2.30. The molecule has 0 N–H and O–H groups in total. The van der Waals surface area contributed by atoms with Gasteiger partial charge in [0.25, 0.3) is 0 Å². The Hall–Kier alpha value is -4.19. The van der Waals surface area contributed by atoms with Crippen LogP contribution in [-0.2, 0) is 28.6 Å². The van der Waals surface area contributed by atoms with Crippen molar-refractivity contribution in [2.45, 2.75) is 284 Å². The Kier molecular flexibility index (Phi) is 58.9. The van der Waals surface area contributed by atoms with Crippen LogP contribution in [0.1, 0.15) is 278 Å². The minimum absolute atomic E-state index is 0.0981. The van der Waals surface area contributed by atoms with E-state index in [0.717, 1.165) is 161 Å². The minimum Gasteiger partial charge on any atom is -0.462 e. The fourth-order valence-corrected chi connectivity index (χ4v) is 8.27. The van der Waals surface area contributed by atoms with Gasteiger partial charge in [0, 0.05) is 19.3 Å². The van der Waals surface area contributed by atoms with E-state index in [-0.39, 0.29) is 31.1 Å². The fraction of sp³-hybridized carbons (Fsp3) is 0.667. The van der Waals surface area contributed by atoms with Crippen molar-refractivity contribution in [1.29, 1.82) is 0 Å². The molecule has 75 heavy (non-hydrogen) atoms. The molecule has 1 atom stereocenters. The average molecular weight is 1040 g/mol. The highest BCUT2D eigenvalue weighted by Gasteiger charge is 2.19. The Morgan fingerprint density at radius 1 is 0.280 bits per heavy atom. The molecule has 1 unspecified atom stereocenters. The van der Waals surface area contributed by atoms with Crippen molar-refractivity contribution < 1.29 is 28.6 Å². The van der Waals surface area contributed by atoms with E-state index < -0.39 is 6.10 Å². The van der Waals surface area contributed by atoms with Crippen LogP contribution in [0.3, 0.4) is 0 Å². The molecule has 0 spiro atoms. The summed E-state index contributed by atoms with van der Waals surface area (Å²) in [6, 6.07) is 0. The molecule has 0 fully saturated rings. The second-order valence-corrected chi connectivity index (χ2v) is 20.2. The van der Waals surface area contributed by atoms with Gasteiger partial charge in [-0.05, 0) is 135 Å².